The third kappa shape index (κ3) is 3.25. The summed E-state index contributed by atoms with van der Waals surface area (Å²) in [7, 11) is 0. The summed E-state index contributed by atoms with van der Waals surface area (Å²) in [4.78, 5) is 0. The first-order valence-electron chi connectivity index (χ1n) is 5.84. The Kier molecular flexibility index (Phi) is 4.40. The molecule has 0 aliphatic heterocycles. The predicted molar refractivity (Wildman–Crippen MR) is 74.8 cm³/mol. The monoisotopic (exact) mass is 272 g/mol. The Morgan fingerprint density at radius 1 is 1.21 bits per heavy atom. The Morgan fingerprint density at radius 2 is 2.00 bits per heavy atom. The van der Waals surface area contributed by atoms with E-state index in [1.165, 1.54) is 0 Å². The molecule has 0 aromatic heterocycles. The maximum absolute atomic E-state index is 8.99. The SMILES string of the molecule is N#Cc1ccccc1COc1ccc(CN)cc1Cl. The van der Waals surface area contributed by atoms with Crippen molar-refractivity contribution in [3.8, 4) is 11.8 Å². The lowest BCUT2D eigenvalue weighted by Gasteiger charge is -2.10. The quantitative estimate of drug-likeness (QED) is 0.929. The molecule has 96 valence electrons. The van der Waals surface area contributed by atoms with E-state index < -0.39 is 0 Å². The summed E-state index contributed by atoms with van der Waals surface area (Å²) >= 11 is 6.10. The standard InChI is InChI=1S/C15H13ClN2O/c16-14-7-11(8-17)5-6-15(14)19-10-13-4-2-1-3-12(13)9-18/h1-7H,8,10,17H2. The van der Waals surface area contributed by atoms with Crippen LogP contribution >= 0.6 is 11.6 Å². The molecule has 0 aliphatic carbocycles. The number of nitriles is 1. The van der Waals surface area contributed by atoms with Crippen LogP contribution in [0, 0.1) is 11.3 Å². The van der Waals surface area contributed by atoms with E-state index in [2.05, 4.69) is 6.07 Å². The summed E-state index contributed by atoms with van der Waals surface area (Å²) in [5, 5.41) is 9.52. The fraction of sp³-hybridized carbons (Fsp3) is 0.133. The van der Waals surface area contributed by atoms with Gasteiger partial charge in [0.15, 0.2) is 0 Å². The lowest BCUT2D eigenvalue weighted by Crippen LogP contribution is -2.00. The Balaban J connectivity index is 2.13. The van der Waals surface area contributed by atoms with Crippen LogP contribution in [0.2, 0.25) is 5.02 Å². The summed E-state index contributed by atoms with van der Waals surface area (Å²) in [5.74, 6) is 0.589. The smallest absolute Gasteiger partial charge is 0.138 e. The minimum Gasteiger partial charge on any atom is -0.487 e. The van der Waals surface area contributed by atoms with Gasteiger partial charge in [0.2, 0.25) is 0 Å². The number of rotatable bonds is 4. The molecule has 0 radical (unpaired) electrons. The fourth-order valence-corrected chi connectivity index (χ4v) is 1.96. The molecule has 19 heavy (non-hydrogen) atoms. The average Bonchev–Trinajstić information content (AvgIpc) is 2.46. The first-order valence-corrected chi connectivity index (χ1v) is 6.21. The lowest BCUT2D eigenvalue weighted by molar-refractivity contribution is 0.306. The largest absolute Gasteiger partial charge is 0.487 e. The highest BCUT2D eigenvalue weighted by Crippen LogP contribution is 2.26. The summed E-state index contributed by atoms with van der Waals surface area (Å²) in [6, 6.07) is 14.9. The van der Waals surface area contributed by atoms with Crippen molar-refractivity contribution >= 4 is 11.6 Å². The molecule has 0 spiro atoms. The molecule has 0 unspecified atom stereocenters. The van der Waals surface area contributed by atoms with Gasteiger partial charge in [0, 0.05) is 12.1 Å². The average molecular weight is 273 g/mol. The number of hydrogen-bond donors (Lipinski definition) is 1. The van der Waals surface area contributed by atoms with Gasteiger partial charge in [-0.2, -0.15) is 5.26 Å². The van der Waals surface area contributed by atoms with Crippen LogP contribution in [0.3, 0.4) is 0 Å². The van der Waals surface area contributed by atoms with Crippen LogP contribution in [-0.4, -0.2) is 0 Å². The van der Waals surface area contributed by atoms with Gasteiger partial charge in [0.25, 0.3) is 0 Å². The maximum Gasteiger partial charge on any atom is 0.138 e. The molecule has 0 saturated heterocycles. The lowest BCUT2D eigenvalue weighted by atomic mass is 10.1. The molecule has 0 bridgehead atoms. The first kappa shape index (κ1) is 13.4. The Hall–Kier alpha value is -2.02. The highest BCUT2D eigenvalue weighted by atomic mass is 35.5. The molecule has 4 heteroatoms. The van der Waals surface area contributed by atoms with Crippen LogP contribution in [0.15, 0.2) is 42.5 Å². The molecule has 0 heterocycles. The van der Waals surface area contributed by atoms with Gasteiger partial charge in [-0.25, -0.2) is 0 Å². The highest BCUT2D eigenvalue weighted by molar-refractivity contribution is 6.32. The van der Waals surface area contributed by atoms with E-state index in [1.807, 2.05) is 24.3 Å². The zero-order valence-electron chi connectivity index (χ0n) is 10.3. The van der Waals surface area contributed by atoms with Gasteiger partial charge < -0.3 is 10.5 Å². The number of ether oxygens (including phenoxy) is 1. The second-order valence-electron chi connectivity index (χ2n) is 4.03. The van der Waals surface area contributed by atoms with Gasteiger partial charge >= 0.3 is 0 Å². The maximum atomic E-state index is 8.99. The molecule has 2 rings (SSSR count). The third-order valence-electron chi connectivity index (χ3n) is 2.75. The Morgan fingerprint density at radius 3 is 2.68 bits per heavy atom. The van der Waals surface area contributed by atoms with Gasteiger partial charge in [-0.15, -0.1) is 0 Å². The van der Waals surface area contributed by atoms with Crippen molar-refractivity contribution in [1.82, 2.24) is 0 Å². The van der Waals surface area contributed by atoms with Crippen LogP contribution in [0.4, 0.5) is 0 Å². The molecule has 2 N–H and O–H groups in total. The second-order valence-corrected chi connectivity index (χ2v) is 4.43. The van der Waals surface area contributed by atoms with Crippen LogP contribution < -0.4 is 10.5 Å². The van der Waals surface area contributed by atoms with E-state index in [1.54, 1.807) is 18.2 Å². The summed E-state index contributed by atoms with van der Waals surface area (Å²) in [5.41, 5.74) is 7.94. The zero-order chi connectivity index (χ0) is 13.7. The van der Waals surface area contributed by atoms with E-state index in [9.17, 15) is 0 Å². The van der Waals surface area contributed by atoms with Gasteiger partial charge in [-0.05, 0) is 23.8 Å². The highest BCUT2D eigenvalue weighted by Gasteiger charge is 2.05. The van der Waals surface area contributed by atoms with Crippen LogP contribution in [0.1, 0.15) is 16.7 Å². The Labute approximate surface area is 117 Å². The summed E-state index contributed by atoms with van der Waals surface area (Å²) in [6.07, 6.45) is 0. The van der Waals surface area contributed by atoms with E-state index in [4.69, 9.17) is 27.3 Å². The summed E-state index contributed by atoms with van der Waals surface area (Å²) < 4.78 is 5.64. The van der Waals surface area contributed by atoms with Crippen molar-refractivity contribution < 1.29 is 4.74 Å². The normalized spacial score (nSPS) is 9.95. The number of nitrogens with zero attached hydrogens (tertiary/aromatic N) is 1. The molecule has 2 aromatic carbocycles. The van der Waals surface area contributed by atoms with Crippen molar-refractivity contribution in [3.05, 3.63) is 64.2 Å². The molecule has 0 saturated carbocycles. The van der Waals surface area contributed by atoms with Crippen molar-refractivity contribution in [3.63, 3.8) is 0 Å². The number of benzene rings is 2. The predicted octanol–water partition coefficient (Wildman–Crippen LogP) is 3.25. The van der Waals surface area contributed by atoms with Crippen LogP contribution in [0.25, 0.3) is 0 Å². The van der Waals surface area contributed by atoms with Crippen LogP contribution in [-0.2, 0) is 13.2 Å². The molecule has 0 aliphatic rings. The van der Waals surface area contributed by atoms with Gasteiger partial charge in [0.05, 0.1) is 16.7 Å². The Bertz CT molecular complexity index is 620. The topological polar surface area (TPSA) is 59.0 Å². The number of hydrogen-bond acceptors (Lipinski definition) is 3. The van der Waals surface area contributed by atoms with E-state index >= 15 is 0 Å². The minimum atomic E-state index is 0.311. The molecule has 3 nitrogen and oxygen atoms in total. The zero-order valence-corrected chi connectivity index (χ0v) is 11.0. The van der Waals surface area contributed by atoms with Crippen LogP contribution in [0.5, 0.6) is 5.75 Å². The van der Waals surface area contributed by atoms with Gasteiger partial charge in [-0.3, -0.25) is 0 Å². The van der Waals surface area contributed by atoms with E-state index in [0.717, 1.165) is 11.1 Å². The summed E-state index contributed by atoms with van der Waals surface area (Å²) in [6.45, 7) is 0.753. The number of nitrogens with two attached hydrogens (primary N) is 1. The van der Waals surface area contributed by atoms with Crippen molar-refractivity contribution in [2.45, 2.75) is 13.2 Å². The van der Waals surface area contributed by atoms with Crippen molar-refractivity contribution in [2.24, 2.45) is 5.73 Å². The fourth-order valence-electron chi connectivity index (χ4n) is 1.70. The second kappa shape index (κ2) is 6.24. The van der Waals surface area contributed by atoms with Crippen molar-refractivity contribution in [2.75, 3.05) is 0 Å². The number of halogens is 1. The molecular formula is C15H13ClN2O. The molecule has 2 aromatic rings. The molecule has 0 fully saturated rings. The van der Waals surface area contributed by atoms with Gasteiger partial charge in [0.1, 0.15) is 12.4 Å². The van der Waals surface area contributed by atoms with E-state index in [-0.39, 0.29) is 0 Å². The third-order valence-corrected chi connectivity index (χ3v) is 3.05. The van der Waals surface area contributed by atoms with Crippen molar-refractivity contribution in [1.29, 1.82) is 5.26 Å². The van der Waals surface area contributed by atoms with E-state index in [0.29, 0.717) is 29.5 Å². The molecular weight excluding hydrogens is 260 g/mol. The first-order chi connectivity index (χ1) is 9.24. The minimum absolute atomic E-state index is 0.311. The van der Waals surface area contributed by atoms with Gasteiger partial charge in [-0.1, -0.05) is 35.9 Å². The molecule has 0 amide bonds. The molecule has 0 atom stereocenters.